The van der Waals surface area contributed by atoms with E-state index in [9.17, 15) is 4.79 Å². The molecule has 1 amide bonds. The zero-order chi connectivity index (χ0) is 19.4. The van der Waals surface area contributed by atoms with Crippen LogP contribution in [0.2, 0.25) is 0 Å². The quantitative estimate of drug-likeness (QED) is 0.660. The van der Waals surface area contributed by atoms with Crippen molar-refractivity contribution in [3.63, 3.8) is 0 Å². The molecule has 0 saturated heterocycles. The fourth-order valence-corrected chi connectivity index (χ4v) is 2.88. The molecule has 0 aliphatic heterocycles. The van der Waals surface area contributed by atoms with Crippen LogP contribution in [0.5, 0.6) is 0 Å². The van der Waals surface area contributed by atoms with Gasteiger partial charge in [-0.3, -0.25) is 9.69 Å². The smallest absolute Gasteiger partial charge is 0.288 e. The van der Waals surface area contributed by atoms with Crippen molar-refractivity contribution in [2.75, 3.05) is 14.1 Å². The highest BCUT2D eigenvalue weighted by atomic mass is 32.1. The van der Waals surface area contributed by atoms with Gasteiger partial charge in [-0.15, -0.1) is 5.10 Å². The minimum Gasteiger partial charge on any atom is -0.409 e. The van der Waals surface area contributed by atoms with Crippen molar-refractivity contribution in [1.82, 2.24) is 20.0 Å². The van der Waals surface area contributed by atoms with E-state index in [1.165, 1.54) is 5.56 Å². The lowest BCUT2D eigenvalue weighted by Gasteiger charge is -2.16. The summed E-state index contributed by atoms with van der Waals surface area (Å²) in [5, 5.41) is 7.11. The van der Waals surface area contributed by atoms with Gasteiger partial charge < -0.3 is 9.73 Å². The number of hydrogen-bond acceptors (Lipinski definition) is 5. The number of amides is 1. The van der Waals surface area contributed by atoms with E-state index in [-0.39, 0.29) is 5.91 Å². The lowest BCUT2D eigenvalue weighted by molar-refractivity contribution is 0.0963. The molecule has 0 aliphatic carbocycles. The molecule has 1 heterocycles. The first-order valence-corrected chi connectivity index (χ1v) is 9.01. The molecule has 1 N–H and O–H groups in total. The van der Waals surface area contributed by atoms with Crippen LogP contribution < -0.4 is 5.32 Å². The zero-order valence-corrected chi connectivity index (χ0v) is 16.4. The van der Waals surface area contributed by atoms with Crippen molar-refractivity contribution in [2.24, 2.45) is 0 Å². The van der Waals surface area contributed by atoms with E-state index in [2.05, 4.69) is 15.3 Å². The summed E-state index contributed by atoms with van der Waals surface area (Å²) in [5.74, 6) is 0.427. The third-order valence-electron chi connectivity index (χ3n) is 4.18. The second kappa shape index (κ2) is 8.28. The van der Waals surface area contributed by atoms with Gasteiger partial charge in [0.2, 0.25) is 5.89 Å². The molecule has 0 spiro atoms. The fraction of sp³-hybridized carbons (Fsp3) is 0.250. The molecule has 0 radical (unpaired) electrons. The van der Waals surface area contributed by atoms with E-state index in [4.69, 9.17) is 16.6 Å². The van der Waals surface area contributed by atoms with Gasteiger partial charge in [0, 0.05) is 24.7 Å². The summed E-state index contributed by atoms with van der Waals surface area (Å²) < 4.78 is 7.31. The average Bonchev–Trinajstić information content (AvgIpc) is 3.02. The number of nitrogens with zero attached hydrogens (tertiary/aromatic N) is 3. The number of rotatable bonds is 6. The average molecular weight is 382 g/mol. The van der Waals surface area contributed by atoms with E-state index >= 15 is 0 Å². The van der Waals surface area contributed by atoms with E-state index in [0.717, 1.165) is 11.1 Å². The van der Waals surface area contributed by atoms with Crippen LogP contribution in [0, 0.1) is 11.8 Å². The van der Waals surface area contributed by atoms with Crippen LogP contribution in [-0.4, -0.2) is 34.7 Å². The highest BCUT2D eigenvalue weighted by molar-refractivity contribution is 7.71. The molecule has 7 heteroatoms. The first-order chi connectivity index (χ1) is 13.0. The maximum absolute atomic E-state index is 11.6. The number of carbonyl (C=O) groups is 1. The molecule has 3 aromatic rings. The number of carbonyl (C=O) groups excluding carboxylic acids is 1. The Morgan fingerprint density at radius 3 is 2.48 bits per heavy atom. The summed E-state index contributed by atoms with van der Waals surface area (Å²) in [7, 11) is 3.60. The summed E-state index contributed by atoms with van der Waals surface area (Å²) in [5.41, 5.74) is 3.82. The van der Waals surface area contributed by atoms with Crippen molar-refractivity contribution in [3.8, 4) is 11.5 Å². The Morgan fingerprint density at radius 1 is 1.19 bits per heavy atom. The molecule has 27 heavy (non-hydrogen) atoms. The monoisotopic (exact) mass is 382 g/mol. The fourth-order valence-electron chi connectivity index (χ4n) is 2.70. The number of aromatic nitrogens is 2. The van der Waals surface area contributed by atoms with Gasteiger partial charge in [-0.25, -0.2) is 4.68 Å². The molecule has 0 bridgehead atoms. The predicted molar refractivity (Wildman–Crippen MR) is 107 cm³/mol. The largest absolute Gasteiger partial charge is 0.409 e. The molecule has 1 aromatic heterocycles. The van der Waals surface area contributed by atoms with Crippen LogP contribution in [-0.2, 0) is 13.2 Å². The first-order valence-electron chi connectivity index (χ1n) is 8.61. The molecule has 2 aromatic carbocycles. The Labute approximate surface area is 163 Å². The van der Waals surface area contributed by atoms with E-state index in [1.54, 1.807) is 11.7 Å². The van der Waals surface area contributed by atoms with Crippen molar-refractivity contribution >= 4 is 18.1 Å². The van der Waals surface area contributed by atoms with Gasteiger partial charge in [0.25, 0.3) is 10.7 Å². The van der Waals surface area contributed by atoms with E-state index in [1.807, 2.05) is 62.5 Å². The normalized spacial score (nSPS) is 11.0. The van der Waals surface area contributed by atoms with Crippen LogP contribution in [0.1, 0.15) is 21.5 Å². The molecule has 0 saturated carbocycles. The molecule has 0 fully saturated rings. The maximum atomic E-state index is 11.6. The van der Waals surface area contributed by atoms with Crippen molar-refractivity contribution < 1.29 is 9.21 Å². The van der Waals surface area contributed by atoms with Gasteiger partial charge in [0.05, 0.1) is 6.67 Å². The molecule has 3 rings (SSSR count). The van der Waals surface area contributed by atoms with Crippen molar-refractivity contribution in [2.45, 2.75) is 20.1 Å². The maximum Gasteiger partial charge on any atom is 0.288 e. The molecular formula is C20H22N4O2S. The lowest BCUT2D eigenvalue weighted by atomic mass is 10.1. The van der Waals surface area contributed by atoms with Gasteiger partial charge in [0.1, 0.15) is 0 Å². The highest BCUT2D eigenvalue weighted by Crippen LogP contribution is 2.18. The highest BCUT2D eigenvalue weighted by Gasteiger charge is 2.10. The third-order valence-corrected chi connectivity index (χ3v) is 4.47. The molecule has 0 unspecified atom stereocenters. The molecule has 0 atom stereocenters. The van der Waals surface area contributed by atoms with Gasteiger partial charge in [-0.05, 0) is 56.0 Å². The number of aryl methyl sites for hydroxylation is 1. The van der Waals surface area contributed by atoms with E-state index < -0.39 is 0 Å². The van der Waals surface area contributed by atoms with Crippen LogP contribution in [0.4, 0.5) is 0 Å². The topological polar surface area (TPSA) is 63.3 Å². The Kier molecular flexibility index (Phi) is 5.83. The molecule has 0 aliphatic rings. The zero-order valence-electron chi connectivity index (χ0n) is 15.6. The van der Waals surface area contributed by atoms with Gasteiger partial charge in [-0.2, -0.15) is 0 Å². The minimum atomic E-state index is -0.0903. The van der Waals surface area contributed by atoms with Crippen molar-refractivity contribution in [3.05, 3.63) is 70.1 Å². The van der Waals surface area contributed by atoms with Crippen LogP contribution in [0.3, 0.4) is 0 Å². The number of benzene rings is 2. The van der Waals surface area contributed by atoms with Gasteiger partial charge in [-0.1, -0.05) is 29.8 Å². The van der Waals surface area contributed by atoms with E-state index in [0.29, 0.717) is 29.5 Å². The minimum absolute atomic E-state index is 0.0903. The Morgan fingerprint density at radius 2 is 1.85 bits per heavy atom. The summed E-state index contributed by atoms with van der Waals surface area (Å²) in [6.07, 6.45) is 0. The predicted octanol–water partition coefficient (Wildman–Crippen LogP) is 3.63. The molecule has 6 nitrogen and oxygen atoms in total. The second-order valence-corrected chi connectivity index (χ2v) is 6.82. The third kappa shape index (κ3) is 4.69. The summed E-state index contributed by atoms with van der Waals surface area (Å²) >= 11 is 5.30. The van der Waals surface area contributed by atoms with Gasteiger partial charge in [0.15, 0.2) is 0 Å². The first kappa shape index (κ1) is 19.0. The molecular weight excluding hydrogens is 360 g/mol. The summed E-state index contributed by atoms with van der Waals surface area (Å²) in [6.45, 7) is 3.24. The molecule has 140 valence electrons. The van der Waals surface area contributed by atoms with Crippen LogP contribution in [0.25, 0.3) is 11.5 Å². The Bertz CT molecular complexity index is 974. The Balaban J connectivity index is 1.67. The van der Waals surface area contributed by atoms with Crippen LogP contribution in [0.15, 0.2) is 52.9 Å². The van der Waals surface area contributed by atoms with Gasteiger partial charge >= 0.3 is 0 Å². The summed E-state index contributed by atoms with van der Waals surface area (Å²) in [4.78, 5) is 14.0. The second-order valence-electron chi connectivity index (χ2n) is 6.47. The van der Waals surface area contributed by atoms with Crippen molar-refractivity contribution in [1.29, 1.82) is 0 Å². The van der Waals surface area contributed by atoms with Crippen LogP contribution >= 0.6 is 12.2 Å². The Hall–Kier alpha value is -2.77. The SMILES string of the molecule is CNC(=O)c1ccc(CN(C)Cn2nc(-c3ccc(C)cc3)oc2=S)cc1. The lowest BCUT2D eigenvalue weighted by Crippen LogP contribution is -2.22. The number of hydrogen-bond donors (Lipinski definition) is 1. The number of nitrogens with one attached hydrogen (secondary N) is 1. The standard InChI is InChI=1S/C20H22N4O2S/c1-14-4-8-17(9-5-14)19-22-24(20(27)26-19)13-23(3)12-15-6-10-16(11-7-15)18(25)21-2/h4-11H,12-13H2,1-3H3,(H,21,25). The summed E-state index contributed by atoms with van der Waals surface area (Å²) in [6, 6.07) is 15.5.